The van der Waals surface area contributed by atoms with Crippen molar-refractivity contribution < 1.29 is 38.5 Å². The summed E-state index contributed by atoms with van der Waals surface area (Å²) in [6, 6.07) is 43.1. The Balaban J connectivity index is 1.35. The maximum absolute atomic E-state index is 16.6. The number of amides is 4. The SMILES string of the molecule is C=CCNC(=O)[C@H]1[C@@H]2C(=O)O[C@@H](c3ccccc3)[C@@H](c3ccccc3)N2[C@@H](c2ccccc2OCCO)[C@]12C(=O)N(C(=O)N[C@H](C)c1ccccc1)c1ccc(C#Cc3ccc(OC)cc3)cc12. The number of urea groups is 1. The molecule has 7 atom stereocenters. The van der Waals surface area contributed by atoms with Crippen molar-refractivity contribution in [2.24, 2.45) is 5.92 Å². The molecule has 0 bridgehead atoms. The maximum Gasteiger partial charge on any atom is 0.329 e. The van der Waals surface area contributed by atoms with Gasteiger partial charge in [-0.2, -0.15) is 0 Å². The molecule has 6 aromatic rings. The van der Waals surface area contributed by atoms with E-state index in [9.17, 15) is 5.11 Å². The number of carbonyl (C=O) groups excluding carboxylic acids is 4. The lowest BCUT2D eigenvalue weighted by atomic mass is 9.65. The lowest BCUT2D eigenvalue weighted by Crippen LogP contribution is -2.56. The van der Waals surface area contributed by atoms with Crippen LogP contribution in [0.2, 0.25) is 0 Å². The number of nitrogens with zero attached hydrogens (tertiary/aromatic N) is 2. The average Bonchev–Trinajstić information content (AvgIpc) is 3.83. The van der Waals surface area contributed by atoms with Gasteiger partial charge in [-0.05, 0) is 77.7 Å². The molecule has 12 nitrogen and oxygen atoms in total. The number of morpholine rings is 1. The molecule has 1 spiro atoms. The molecule has 0 aromatic heterocycles. The number of hydrogen-bond acceptors (Lipinski definition) is 9. The summed E-state index contributed by atoms with van der Waals surface area (Å²) in [5.41, 5.74) is 2.33. The van der Waals surface area contributed by atoms with Crippen LogP contribution in [0.15, 0.2) is 170 Å². The zero-order chi connectivity index (χ0) is 47.4. The fourth-order valence-electron chi connectivity index (χ4n) is 10.1. The molecule has 4 amide bonds. The van der Waals surface area contributed by atoms with Gasteiger partial charge in [0, 0.05) is 23.2 Å². The van der Waals surface area contributed by atoms with Crippen LogP contribution in [0, 0.1) is 17.8 Å². The summed E-state index contributed by atoms with van der Waals surface area (Å²) in [4.78, 5) is 65.5. The Bertz CT molecular complexity index is 2900. The Kier molecular flexibility index (Phi) is 12.9. The number of benzene rings is 6. The first-order valence-corrected chi connectivity index (χ1v) is 22.5. The van der Waals surface area contributed by atoms with Crippen molar-refractivity contribution in [3.8, 4) is 23.3 Å². The number of aliphatic hydroxyl groups excluding tert-OH is 1. The molecule has 3 heterocycles. The second-order valence-corrected chi connectivity index (χ2v) is 16.8. The average molecular weight is 907 g/mol. The maximum atomic E-state index is 16.6. The van der Waals surface area contributed by atoms with E-state index in [0.717, 1.165) is 16.0 Å². The second-order valence-electron chi connectivity index (χ2n) is 16.8. The molecule has 0 saturated carbocycles. The van der Waals surface area contributed by atoms with Crippen molar-refractivity contribution in [2.45, 2.75) is 42.6 Å². The lowest BCUT2D eigenvalue weighted by Gasteiger charge is -2.46. The summed E-state index contributed by atoms with van der Waals surface area (Å²) < 4.78 is 18.2. The van der Waals surface area contributed by atoms with Gasteiger partial charge in [0.25, 0.3) is 0 Å². The fourth-order valence-corrected chi connectivity index (χ4v) is 10.1. The quantitative estimate of drug-likeness (QED) is 0.0634. The van der Waals surface area contributed by atoms with Gasteiger partial charge in [0.1, 0.15) is 35.7 Å². The minimum Gasteiger partial charge on any atom is -0.497 e. The molecule has 3 aliphatic heterocycles. The van der Waals surface area contributed by atoms with E-state index < -0.39 is 65.4 Å². The monoisotopic (exact) mass is 906 g/mol. The first kappa shape index (κ1) is 45.2. The predicted octanol–water partition coefficient (Wildman–Crippen LogP) is 7.90. The van der Waals surface area contributed by atoms with Crippen LogP contribution >= 0.6 is 0 Å². The first-order valence-electron chi connectivity index (χ1n) is 22.5. The third-order valence-corrected chi connectivity index (χ3v) is 13.0. The highest BCUT2D eigenvalue weighted by Gasteiger charge is 2.76. The van der Waals surface area contributed by atoms with E-state index in [1.807, 2.05) is 115 Å². The van der Waals surface area contributed by atoms with Crippen LogP contribution < -0.4 is 25.0 Å². The van der Waals surface area contributed by atoms with Gasteiger partial charge in [-0.25, -0.2) is 9.69 Å². The summed E-state index contributed by atoms with van der Waals surface area (Å²) in [6.45, 7) is 5.27. The highest BCUT2D eigenvalue weighted by Crippen LogP contribution is 2.66. The number of nitrogens with one attached hydrogen (secondary N) is 2. The van der Waals surface area contributed by atoms with Crippen LogP contribution in [0.1, 0.15) is 70.1 Å². The molecule has 6 aromatic carbocycles. The number of para-hydroxylation sites is 1. The number of aliphatic hydroxyl groups is 1. The minimum absolute atomic E-state index is 0.00994. The summed E-state index contributed by atoms with van der Waals surface area (Å²) in [5.74, 6) is 3.84. The smallest absolute Gasteiger partial charge is 0.329 e. The van der Waals surface area contributed by atoms with Crippen LogP contribution in [0.4, 0.5) is 10.5 Å². The van der Waals surface area contributed by atoms with Crippen LogP contribution in [0.5, 0.6) is 11.5 Å². The topological polar surface area (TPSA) is 147 Å². The molecule has 9 rings (SSSR count). The van der Waals surface area contributed by atoms with E-state index >= 15 is 19.2 Å². The number of fused-ring (bicyclic) bond motifs is 3. The summed E-state index contributed by atoms with van der Waals surface area (Å²) >= 11 is 0. The van der Waals surface area contributed by atoms with Crippen molar-refractivity contribution in [1.82, 2.24) is 15.5 Å². The predicted molar refractivity (Wildman–Crippen MR) is 257 cm³/mol. The minimum atomic E-state index is -2.05. The van der Waals surface area contributed by atoms with E-state index in [1.165, 1.54) is 6.08 Å². The van der Waals surface area contributed by atoms with Crippen LogP contribution in [0.3, 0.4) is 0 Å². The van der Waals surface area contributed by atoms with Crippen molar-refractivity contribution in [3.63, 3.8) is 0 Å². The number of anilines is 1. The Morgan fingerprint density at radius 3 is 2.13 bits per heavy atom. The Morgan fingerprint density at radius 2 is 1.46 bits per heavy atom. The molecule has 68 heavy (non-hydrogen) atoms. The van der Waals surface area contributed by atoms with Gasteiger partial charge in [-0.15, -0.1) is 6.58 Å². The van der Waals surface area contributed by atoms with Crippen molar-refractivity contribution in [1.29, 1.82) is 0 Å². The van der Waals surface area contributed by atoms with E-state index in [1.54, 1.807) is 61.7 Å². The molecule has 342 valence electrons. The molecular weight excluding hydrogens is 857 g/mol. The van der Waals surface area contributed by atoms with Crippen molar-refractivity contribution in [2.75, 3.05) is 31.8 Å². The Morgan fingerprint density at radius 1 is 0.824 bits per heavy atom. The first-order chi connectivity index (χ1) is 33.2. The summed E-state index contributed by atoms with van der Waals surface area (Å²) in [5, 5.41) is 16.1. The number of carbonyl (C=O) groups is 4. The van der Waals surface area contributed by atoms with Gasteiger partial charge in [-0.3, -0.25) is 19.3 Å². The molecule has 12 heteroatoms. The van der Waals surface area contributed by atoms with Gasteiger partial charge in [-0.1, -0.05) is 127 Å². The standard InChI is InChI=1S/C56H50N4O8/c1-4-32-57-52(62)47-49-53(63)68-50(41-20-12-7-13-21-41)48(40-18-10-6-11-19-40)60(49)51(43-22-14-15-23-46(43)67-34-33-61)56(47)44-35-38(25-24-37-26-29-42(66-3)30-27-37)28-31-45(44)59(54(56)64)55(65)58-36(2)39-16-8-5-9-17-39/h4-23,26-31,35-36,47-51,61H,1,32-34H2,2-3H3,(H,57,62)(H,58,65)/t36-,47-,48-,49-,50+,51+,56-/m1/s1. The Hall–Kier alpha value is -7.98. The number of cyclic esters (lactones) is 1. The molecule has 3 N–H and O–H groups in total. The van der Waals surface area contributed by atoms with E-state index in [-0.39, 0.29) is 25.4 Å². The fraction of sp³-hybridized carbons (Fsp3) is 0.214. The molecule has 3 aliphatic rings. The number of rotatable bonds is 12. The highest BCUT2D eigenvalue weighted by atomic mass is 16.6. The van der Waals surface area contributed by atoms with Gasteiger partial charge in [0.15, 0.2) is 0 Å². The third-order valence-electron chi connectivity index (χ3n) is 13.0. The van der Waals surface area contributed by atoms with E-state index in [2.05, 4.69) is 29.1 Å². The molecule has 2 saturated heterocycles. The van der Waals surface area contributed by atoms with E-state index in [0.29, 0.717) is 39.3 Å². The zero-order valence-corrected chi connectivity index (χ0v) is 37.6. The molecule has 2 fully saturated rings. The summed E-state index contributed by atoms with van der Waals surface area (Å²) in [7, 11) is 1.59. The van der Waals surface area contributed by atoms with Gasteiger partial charge >= 0.3 is 12.0 Å². The number of esters is 1. The largest absolute Gasteiger partial charge is 0.497 e. The number of hydrogen-bond donors (Lipinski definition) is 3. The van der Waals surface area contributed by atoms with Crippen LogP contribution in [-0.2, 0) is 24.5 Å². The molecule has 0 unspecified atom stereocenters. The molecular formula is C56H50N4O8. The third kappa shape index (κ3) is 8.06. The lowest BCUT2D eigenvalue weighted by molar-refractivity contribution is -0.178. The number of imide groups is 1. The molecule has 0 aliphatic carbocycles. The highest BCUT2D eigenvalue weighted by molar-refractivity contribution is 6.24. The van der Waals surface area contributed by atoms with Gasteiger partial charge in [0.2, 0.25) is 11.8 Å². The number of methoxy groups -OCH3 is 1. The van der Waals surface area contributed by atoms with Crippen LogP contribution in [0.25, 0.3) is 0 Å². The van der Waals surface area contributed by atoms with Gasteiger partial charge < -0.3 is 30.0 Å². The van der Waals surface area contributed by atoms with E-state index in [4.69, 9.17) is 14.2 Å². The van der Waals surface area contributed by atoms with Crippen molar-refractivity contribution in [3.05, 3.63) is 209 Å². The van der Waals surface area contributed by atoms with Crippen LogP contribution in [-0.4, -0.2) is 66.7 Å². The normalized spacial score (nSPS) is 21.9. The Labute approximate surface area is 395 Å². The number of ether oxygens (including phenoxy) is 3. The summed E-state index contributed by atoms with van der Waals surface area (Å²) in [6.07, 6.45) is 0.595. The van der Waals surface area contributed by atoms with Crippen molar-refractivity contribution >= 4 is 29.5 Å². The zero-order valence-electron chi connectivity index (χ0n) is 37.6. The molecule has 0 radical (unpaired) electrons. The second kappa shape index (κ2) is 19.5. The van der Waals surface area contributed by atoms with Gasteiger partial charge in [0.05, 0.1) is 43.4 Å².